The van der Waals surface area contributed by atoms with Gasteiger partial charge in [0.1, 0.15) is 0 Å². The predicted molar refractivity (Wildman–Crippen MR) is 326 cm³/mol. The molecule has 0 aromatic carbocycles. The first kappa shape index (κ1) is 86.1. The first-order valence-corrected chi connectivity index (χ1v) is 31.5. The van der Waals surface area contributed by atoms with Crippen molar-refractivity contribution in [2.24, 2.45) is 123 Å². The van der Waals surface area contributed by atoms with Gasteiger partial charge in [-0.2, -0.15) is 39.5 Å². The summed E-state index contributed by atoms with van der Waals surface area (Å²) in [4.78, 5) is 0. The fourth-order valence-corrected chi connectivity index (χ4v) is 6.88. The van der Waals surface area contributed by atoms with E-state index >= 15 is 0 Å². The van der Waals surface area contributed by atoms with E-state index in [0.717, 1.165) is 83.0 Å². The van der Waals surface area contributed by atoms with E-state index in [-0.39, 0.29) is 17.8 Å². The minimum absolute atomic E-state index is 0.315. The minimum atomic E-state index is -4.08. The second kappa shape index (κ2) is 40.6. The molecule has 0 bridgehead atoms. The van der Waals surface area contributed by atoms with Crippen molar-refractivity contribution in [3.05, 3.63) is 0 Å². The summed E-state index contributed by atoms with van der Waals surface area (Å²) in [5, 5.41) is 0. The average Bonchev–Trinajstić information content (AvgIpc) is 4.15. The zero-order valence-corrected chi connectivity index (χ0v) is 57.4. The van der Waals surface area contributed by atoms with E-state index in [4.69, 9.17) is 4.74 Å². The molecular formula is C68H137F9O. The Bertz CT molecular complexity index is 1300. The Labute approximate surface area is 482 Å². The van der Waals surface area contributed by atoms with Crippen molar-refractivity contribution in [3.8, 4) is 0 Å². The number of rotatable bonds is 12. The molecule has 78 heavy (non-hydrogen) atoms. The Morgan fingerprint density at radius 3 is 0.731 bits per heavy atom. The number of alkyl halides is 9. The number of hydrogen-bond donors (Lipinski definition) is 0. The predicted octanol–water partition coefficient (Wildman–Crippen LogP) is 25.6. The van der Waals surface area contributed by atoms with Crippen LogP contribution in [0.1, 0.15) is 285 Å². The van der Waals surface area contributed by atoms with Crippen LogP contribution in [0.2, 0.25) is 0 Å². The van der Waals surface area contributed by atoms with E-state index in [1.807, 2.05) is 0 Å². The highest BCUT2D eigenvalue weighted by Crippen LogP contribution is 2.51. The van der Waals surface area contributed by atoms with Crippen LogP contribution in [0.4, 0.5) is 39.5 Å². The van der Waals surface area contributed by atoms with E-state index in [2.05, 4.69) is 138 Å². The molecule has 0 radical (unpaired) electrons. The van der Waals surface area contributed by atoms with Crippen molar-refractivity contribution in [2.75, 3.05) is 13.7 Å². The van der Waals surface area contributed by atoms with Gasteiger partial charge in [0.15, 0.2) is 0 Å². The Balaban J connectivity index is -0.000000254. The molecule has 5 saturated carbocycles. The lowest BCUT2D eigenvalue weighted by molar-refractivity contribution is -0.225. The number of methoxy groups -OCH3 is 1. The van der Waals surface area contributed by atoms with Crippen molar-refractivity contribution in [1.82, 2.24) is 0 Å². The van der Waals surface area contributed by atoms with E-state index in [0.29, 0.717) is 11.3 Å². The second-order valence-electron chi connectivity index (χ2n) is 29.9. The molecule has 0 heterocycles. The highest BCUT2D eigenvalue weighted by Gasteiger charge is 2.49. The summed E-state index contributed by atoms with van der Waals surface area (Å²) in [5.74, 6) is 9.11. The van der Waals surface area contributed by atoms with Gasteiger partial charge in [0, 0.05) is 7.11 Å². The quantitative estimate of drug-likeness (QED) is 0.177. The fraction of sp³-hybridized carbons (Fsp3) is 1.00. The van der Waals surface area contributed by atoms with Gasteiger partial charge in [-0.15, -0.1) is 0 Å². The van der Waals surface area contributed by atoms with E-state index in [9.17, 15) is 39.5 Å². The van der Waals surface area contributed by atoms with Crippen LogP contribution < -0.4 is 0 Å². The number of halogens is 9. The summed E-state index contributed by atoms with van der Waals surface area (Å²) in [6.45, 7) is 60.9. The Morgan fingerprint density at radius 1 is 0.423 bits per heavy atom. The molecule has 5 fully saturated rings. The van der Waals surface area contributed by atoms with Gasteiger partial charge >= 0.3 is 18.5 Å². The topological polar surface area (TPSA) is 9.23 Å². The van der Waals surface area contributed by atoms with E-state index < -0.39 is 35.8 Å². The van der Waals surface area contributed by atoms with Crippen molar-refractivity contribution in [2.45, 2.75) is 303 Å². The smallest absolute Gasteiger partial charge is 0.384 e. The maximum atomic E-state index is 12.1. The lowest BCUT2D eigenvalue weighted by Gasteiger charge is -2.35. The maximum absolute atomic E-state index is 12.1. The van der Waals surface area contributed by atoms with Gasteiger partial charge in [-0.3, -0.25) is 0 Å². The lowest BCUT2D eigenvalue weighted by atomic mass is 9.71. The fourth-order valence-electron chi connectivity index (χ4n) is 6.88. The van der Waals surface area contributed by atoms with E-state index in [1.165, 1.54) is 105 Å². The normalized spacial score (nSPS) is 19.9. The highest BCUT2D eigenvalue weighted by atomic mass is 19.4. The third kappa shape index (κ3) is 43.0. The lowest BCUT2D eigenvalue weighted by Crippen LogP contribution is -2.36. The molecule has 0 aromatic heterocycles. The Kier molecular flexibility index (Phi) is 44.8. The molecule has 478 valence electrons. The summed E-state index contributed by atoms with van der Waals surface area (Å²) in [6.07, 6.45) is 5.74. The van der Waals surface area contributed by atoms with Gasteiger partial charge < -0.3 is 4.74 Å². The van der Waals surface area contributed by atoms with E-state index in [1.54, 1.807) is 48.7 Å². The van der Waals surface area contributed by atoms with Crippen molar-refractivity contribution in [1.29, 1.82) is 0 Å². The standard InChI is InChI=1S/C8H18O.C8H16.C7H13F3.3C7H14.2C6H11F3.C6H12.C6H14/c1-7(2)8(3,4)6-9-5;1-6(2)8-4-7(3)5-8;1-5(2)6(3,4)7(8,9)10;1-6(2)7(3)4-5-7;2*1-6(2)7-4-3-5-7;2*1-4(2)5(3)6(7,8)9;1-5(2)6-3-4-6;1-5(2)6(3)4/h7H,6H2,1-5H3;6-8H,4-5H2,1-3H3;5H,1-4H3;6H,4-5H2,1-3H3;2*6-7H,3-5H2,1-2H3;2*4-5H,1-3H3;5-6H,3-4H2,1-2H3;5-6H,1-4H3/t;;;;;;2*5-;;/m......10../s1. The SMILES string of the molecule is CC(C)C(C)(C)C(F)(F)F.CC(C)C(C)C.CC(C)C1(C)CC1.CC(C)C1CC1.CC(C)C1CCC1.CC(C)C1CCC1.CC(C)[C@@H](C)C(F)(F)F.CC(C)[C@H](C)C(F)(F)F.CC1CC(C(C)C)C1.COCC(C)(C)C(C)C. The van der Waals surface area contributed by atoms with Gasteiger partial charge in [0.2, 0.25) is 0 Å². The zero-order chi connectivity index (χ0) is 63.3. The molecular weight excluding hydrogens is 1000 g/mol. The molecule has 1 nitrogen and oxygen atoms in total. The molecule has 0 saturated heterocycles. The molecule has 10 heteroatoms. The van der Waals surface area contributed by atoms with Crippen molar-refractivity contribution >= 4 is 0 Å². The number of hydrogen-bond acceptors (Lipinski definition) is 1. The van der Waals surface area contributed by atoms with Crippen LogP contribution in [-0.4, -0.2) is 32.2 Å². The van der Waals surface area contributed by atoms with Crippen LogP contribution in [0.3, 0.4) is 0 Å². The first-order chi connectivity index (χ1) is 34.8. The zero-order valence-electron chi connectivity index (χ0n) is 57.4. The molecule has 5 aliphatic rings. The van der Waals surface area contributed by atoms with Crippen molar-refractivity contribution in [3.63, 3.8) is 0 Å². The number of ether oxygens (including phenoxy) is 1. The molecule has 5 aliphatic carbocycles. The van der Waals surface area contributed by atoms with Gasteiger partial charge in [0.25, 0.3) is 0 Å². The molecule has 0 spiro atoms. The summed E-state index contributed by atoms with van der Waals surface area (Å²) < 4.78 is 112. The van der Waals surface area contributed by atoms with Crippen LogP contribution in [0.5, 0.6) is 0 Å². The maximum Gasteiger partial charge on any atom is 0.394 e. The Hall–Kier alpha value is -0.670. The molecule has 0 aromatic rings. The summed E-state index contributed by atoms with van der Waals surface area (Å²) in [7, 11) is 1.75. The van der Waals surface area contributed by atoms with Crippen LogP contribution in [0, 0.1) is 123 Å². The minimum Gasteiger partial charge on any atom is -0.384 e. The second-order valence-corrected chi connectivity index (χ2v) is 29.9. The van der Waals surface area contributed by atoms with Crippen molar-refractivity contribution < 1.29 is 44.3 Å². The molecule has 0 amide bonds. The monoisotopic (exact) mass is 1140 g/mol. The third-order valence-corrected chi connectivity index (χ3v) is 19.2. The van der Waals surface area contributed by atoms with Gasteiger partial charge in [-0.25, -0.2) is 0 Å². The largest absolute Gasteiger partial charge is 0.394 e. The summed E-state index contributed by atoms with van der Waals surface area (Å²) >= 11 is 0. The van der Waals surface area contributed by atoms with Crippen LogP contribution in [0.15, 0.2) is 0 Å². The van der Waals surface area contributed by atoms with Crippen LogP contribution >= 0.6 is 0 Å². The van der Waals surface area contributed by atoms with Gasteiger partial charge in [-0.1, -0.05) is 246 Å². The van der Waals surface area contributed by atoms with Gasteiger partial charge in [-0.05, 0) is 144 Å². The molecule has 2 atom stereocenters. The third-order valence-electron chi connectivity index (χ3n) is 19.2. The van der Waals surface area contributed by atoms with Crippen LogP contribution in [0.25, 0.3) is 0 Å². The molecule has 0 unspecified atom stereocenters. The van der Waals surface area contributed by atoms with Gasteiger partial charge in [0.05, 0.1) is 23.9 Å². The highest BCUT2D eigenvalue weighted by molar-refractivity contribution is 4.90. The first-order valence-electron chi connectivity index (χ1n) is 31.5. The average molecular weight is 1140 g/mol. The summed E-state index contributed by atoms with van der Waals surface area (Å²) in [6, 6.07) is 0. The molecule has 5 rings (SSSR count). The Morgan fingerprint density at radius 2 is 0.705 bits per heavy atom. The van der Waals surface area contributed by atoms with Crippen LogP contribution in [-0.2, 0) is 4.74 Å². The molecule has 0 N–H and O–H groups in total. The molecule has 0 aliphatic heterocycles. The summed E-state index contributed by atoms with van der Waals surface area (Å²) in [5.41, 5.74) is -0.484.